The normalized spacial score (nSPS) is 30.2. The van der Waals surface area contributed by atoms with E-state index in [2.05, 4.69) is 9.80 Å². The summed E-state index contributed by atoms with van der Waals surface area (Å²) in [7, 11) is 0. The molecule has 0 amide bonds. The summed E-state index contributed by atoms with van der Waals surface area (Å²) in [6, 6.07) is 0. The highest BCUT2D eigenvalue weighted by atomic mass is 16.3. The van der Waals surface area contributed by atoms with Crippen LogP contribution < -0.4 is 0 Å². The Balaban J connectivity index is 1.54. The lowest BCUT2D eigenvalue weighted by Crippen LogP contribution is -2.27. The van der Waals surface area contributed by atoms with Crippen LogP contribution in [0.3, 0.4) is 0 Å². The average Bonchev–Trinajstić information content (AvgIpc) is 2.77. The summed E-state index contributed by atoms with van der Waals surface area (Å²) in [5.41, 5.74) is 0. The van der Waals surface area contributed by atoms with Gasteiger partial charge in [-0.15, -0.1) is 0 Å². The fourth-order valence-corrected chi connectivity index (χ4v) is 2.54. The maximum atomic E-state index is 9.36. The van der Waals surface area contributed by atoms with Crippen LogP contribution in [0, 0.1) is 0 Å². The van der Waals surface area contributed by atoms with E-state index in [4.69, 9.17) is 0 Å². The van der Waals surface area contributed by atoms with Crippen molar-refractivity contribution in [1.29, 1.82) is 0 Å². The Bertz CT molecular complexity index is 169. The number of hydrogen-bond acceptors (Lipinski definition) is 3. The lowest BCUT2D eigenvalue weighted by Gasteiger charge is -2.18. The first-order chi connectivity index (χ1) is 6.84. The molecule has 14 heavy (non-hydrogen) atoms. The number of aliphatic hydroxyl groups excluding tert-OH is 1. The molecule has 2 saturated heterocycles. The standard InChI is InChI=1S/C11H22N2O/c14-11-4-9-13(10-11)8-3-7-12-5-1-2-6-12/h11,14H,1-10H2/t11-/m1/s1. The van der Waals surface area contributed by atoms with E-state index in [0.717, 1.165) is 19.5 Å². The minimum atomic E-state index is -0.0539. The van der Waals surface area contributed by atoms with Crippen molar-refractivity contribution in [3.05, 3.63) is 0 Å². The second-order valence-electron chi connectivity index (χ2n) is 4.65. The Morgan fingerprint density at radius 2 is 1.71 bits per heavy atom. The molecule has 1 atom stereocenters. The summed E-state index contributed by atoms with van der Waals surface area (Å²) in [5.74, 6) is 0. The van der Waals surface area contributed by atoms with Gasteiger partial charge in [0.1, 0.15) is 0 Å². The van der Waals surface area contributed by atoms with Gasteiger partial charge in [0.15, 0.2) is 0 Å². The van der Waals surface area contributed by atoms with Gasteiger partial charge in [0, 0.05) is 13.1 Å². The second kappa shape index (κ2) is 5.10. The second-order valence-corrected chi connectivity index (χ2v) is 4.65. The van der Waals surface area contributed by atoms with Crippen LogP contribution in [0.1, 0.15) is 25.7 Å². The quantitative estimate of drug-likeness (QED) is 0.714. The Kier molecular flexibility index (Phi) is 3.79. The third-order valence-electron chi connectivity index (χ3n) is 3.39. The number of aliphatic hydroxyl groups is 1. The van der Waals surface area contributed by atoms with E-state index in [1.165, 1.54) is 45.4 Å². The minimum Gasteiger partial charge on any atom is -0.392 e. The monoisotopic (exact) mass is 198 g/mol. The predicted octanol–water partition coefficient (Wildman–Crippen LogP) is 0.539. The van der Waals surface area contributed by atoms with Gasteiger partial charge in [-0.05, 0) is 51.9 Å². The molecule has 0 unspecified atom stereocenters. The number of hydrogen-bond donors (Lipinski definition) is 1. The zero-order valence-electron chi connectivity index (χ0n) is 8.99. The van der Waals surface area contributed by atoms with Crippen LogP contribution in [-0.4, -0.2) is 60.3 Å². The molecule has 0 aliphatic carbocycles. The SMILES string of the molecule is O[C@@H]1CCN(CCCN2CCCC2)C1. The van der Waals surface area contributed by atoms with Crippen LogP contribution in [-0.2, 0) is 0 Å². The maximum absolute atomic E-state index is 9.36. The van der Waals surface area contributed by atoms with Gasteiger partial charge in [-0.25, -0.2) is 0 Å². The topological polar surface area (TPSA) is 26.7 Å². The van der Waals surface area contributed by atoms with Gasteiger partial charge in [-0.1, -0.05) is 0 Å². The van der Waals surface area contributed by atoms with Crippen molar-refractivity contribution in [3.63, 3.8) is 0 Å². The van der Waals surface area contributed by atoms with Crippen molar-refractivity contribution >= 4 is 0 Å². The molecule has 82 valence electrons. The Morgan fingerprint density at radius 1 is 1.00 bits per heavy atom. The molecular weight excluding hydrogens is 176 g/mol. The van der Waals surface area contributed by atoms with Crippen LogP contribution >= 0.6 is 0 Å². The van der Waals surface area contributed by atoms with E-state index >= 15 is 0 Å². The van der Waals surface area contributed by atoms with E-state index in [-0.39, 0.29) is 6.10 Å². The molecule has 3 nitrogen and oxygen atoms in total. The molecular formula is C11H22N2O. The van der Waals surface area contributed by atoms with Gasteiger partial charge in [0.05, 0.1) is 6.10 Å². The van der Waals surface area contributed by atoms with E-state index < -0.39 is 0 Å². The first-order valence-corrected chi connectivity index (χ1v) is 5.97. The van der Waals surface area contributed by atoms with E-state index in [1.54, 1.807) is 0 Å². The highest BCUT2D eigenvalue weighted by Gasteiger charge is 2.19. The molecule has 3 heteroatoms. The molecule has 2 heterocycles. The van der Waals surface area contributed by atoms with Crippen LogP contribution in [0.4, 0.5) is 0 Å². The Morgan fingerprint density at radius 3 is 2.36 bits per heavy atom. The van der Waals surface area contributed by atoms with Crippen molar-refractivity contribution < 1.29 is 5.11 Å². The van der Waals surface area contributed by atoms with Gasteiger partial charge in [-0.2, -0.15) is 0 Å². The molecule has 0 bridgehead atoms. The summed E-state index contributed by atoms with van der Waals surface area (Å²) in [6.07, 6.45) is 4.98. The fourth-order valence-electron chi connectivity index (χ4n) is 2.54. The Labute approximate surface area is 86.7 Å². The first kappa shape index (κ1) is 10.4. The van der Waals surface area contributed by atoms with Crippen molar-refractivity contribution in [2.24, 2.45) is 0 Å². The number of rotatable bonds is 4. The summed E-state index contributed by atoms with van der Waals surface area (Å²) < 4.78 is 0. The van der Waals surface area contributed by atoms with Crippen molar-refractivity contribution in [1.82, 2.24) is 9.80 Å². The first-order valence-electron chi connectivity index (χ1n) is 5.97. The third kappa shape index (κ3) is 2.94. The minimum absolute atomic E-state index is 0.0539. The molecule has 2 rings (SSSR count). The van der Waals surface area contributed by atoms with Crippen LogP contribution in [0.15, 0.2) is 0 Å². The molecule has 2 aliphatic rings. The summed E-state index contributed by atoms with van der Waals surface area (Å²) in [4.78, 5) is 4.95. The summed E-state index contributed by atoms with van der Waals surface area (Å²) in [6.45, 7) is 7.05. The molecule has 0 radical (unpaired) electrons. The molecule has 0 aromatic carbocycles. The largest absolute Gasteiger partial charge is 0.392 e. The third-order valence-corrected chi connectivity index (χ3v) is 3.39. The zero-order valence-corrected chi connectivity index (χ0v) is 8.99. The smallest absolute Gasteiger partial charge is 0.0679 e. The van der Waals surface area contributed by atoms with Crippen LogP contribution in [0.5, 0.6) is 0 Å². The van der Waals surface area contributed by atoms with Gasteiger partial charge in [0.2, 0.25) is 0 Å². The number of likely N-dealkylation sites (tertiary alicyclic amines) is 2. The van der Waals surface area contributed by atoms with Gasteiger partial charge in [-0.3, -0.25) is 0 Å². The predicted molar refractivity (Wildman–Crippen MR) is 57.4 cm³/mol. The zero-order chi connectivity index (χ0) is 9.80. The van der Waals surface area contributed by atoms with Gasteiger partial charge in [0.25, 0.3) is 0 Å². The lowest BCUT2D eigenvalue weighted by atomic mass is 10.3. The van der Waals surface area contributed by atoms with Crippen molar-refractivity contribution in [3.8, 4) is 0 Å². The van der Waals surface area contributed by atoms with Crippen LogP contribution in [0.2, 0.25) is 0 Å². The molecule has 0 saturated carbocycles. The molecule has 2 fully saturated rings. The van der Waals surface area contributed by atoms with Gasteiger partial charge < -0.3 is 14.9 Å². The van der Waals surface area contributed by atoms with Gasteiger partial charge >= 0.3 is 0 Å². The van der Waals surface area contributed by atoms with Crippen molar-refractivity contribution in [2.45, 2.75) is 31.8 Å². The van der Waals surface area contributed by atoms with Crippen molar-refractivity contribution in [2.75, 3.05) is 39.3 Å². The molecule has 1 N–H and O–H groups in total. The van der Waals surface area contributed by atoms with Crippen LogP contribution in [0.25, 0.3) is 0 Å². The number of nitrogens with zero attached hydrogens (tertiary/aromatic N) is 2. The number of β-amino-alcohol motifs (C(OH)–C–C–N with tert-alkyl or cyclic N) is 1. The Hall–Kier alpha value is -0.120. The highest BCUT2D eigenvalue weighted by Crippen LogP contribution is 2.11. The molecule has 0 spiro atoms. The van der Waals surface area contributed by atoms with E-state index in [1.807, 2.05) is 0 Å². The summed E-state index contributed by atoms with van der Waals surface area (Å²) in [5, 5.41) is 9.36. The average molecular weight is 198 g/mol. The molecule has 0 aromatic heterocycles. The summed E-state index contributed by atoms with van der Waals surface area (Å²) >= 11 is 0. The highest BCUT2D eigenvalue weighted by molar-refractivity contribution is 4.75. The molecule has 2 aliphatic heterocycles. The molecule has 0 aromatic rings. The lowest BCUT2D eigenvalue weighted by molar-refractivity contribution is 0.174. The van der Waals surface area contributed by atoms with E-state index in [9.17, 15) is 5.11 Å². The maximum Gasteiger partial charge on any atom is 0.0679 e. The van der Waals surface area contributed by atoms with E-state index in [0.29, 0.717) is 0 Å². The fraction of sp³-hybridized carbons (Fsp3) is 1.00.